The van der Waals surface area contributed by atoms with Gasteiger partial charge in [0.1, 0.15) is 17.3 Å². The number of anilines is 1. The van der Waals surface area contributed by atoms with E-state index in [9.17, 15) is 0 Å². The van der Waals surface area contributed by atoms with Gasteiger partial charge in [0, 0.05) is 32.1 Å². The Morgan fingerprint density at radius 3 is 2.62 bits per heavy atom. The smallest absolute Gasteiger partial charge is 0.161 e. The number of nitrogen functional groups attached to an aromatic ring is 1. The van der Waals surface area contributed by atoms with Crippen molar-refractivity contribution in [3.63, 3.8) is 0 Å². The van der Waals surface area contributed by atoms with Gasteiger partial charge < -0.3 is 15.0 Å². The fraction of sp³-hybridized carbons (Fsp3) is 0.200. The number of ether oxygens (including phenoxy) is 1. The van der Waals surface area contributed by atoms with Gasteiger partial charge in [0.15, 0.2) is 5.82 Å². The molecule has 0 spiro atoms. The molecule has 3 rings (SSSR count). The fourth-order valence-corrected chi connectivity index (χ4v) is 2.40. The Labute approximate surface area is 122 Å². The van der Waals surface area contributed by atoms with Crippen molar-refractivity contribution in [2.75, 3.05) is 12.8 Å². The highest BCUT2D eigenvalue weighted by atomic mass is 16.5. The number of benzene rings is 1. The van der Waals surface area contributed by atoms with E-state index in [0.717, 1.165) is 28.4 Å². The van der Waals surface area contributed by atoms with Crippen LogP contribution in [0.5, 0.6) is 5.75 Å². The molecular formula is C15H17N5O. The van der Waals surface area contributed by atoms with E-state index >= 15 is 0 Å². The minimum Gasteiger partial charge on any atom is -0.496 e. The van der Waals surface area contributed by atoms with E-state index in [1.54, 1.807) is 18.0 Å². The van der Waals surface area contributed by atoms with Gasteiger partial charge in [-0.25, -0.2) is 4.98 Å². The lowest BCUT2D eigenvalue weighted by Crippen LogP contribution is -1.98. The predicted octanol–water partition coefficient (Wildman–Crippen LogP) is 2.08. The summed E-state index contributed by atoms with van der Waals surface area (Å²) in [5, 5.41) is 4.52. The van der Waals surface area contributed by atoms with E-state index in [-0.39, 0.29) is 0 Å². The minimum absolute atomic E-state index is 0.581. The van der Waals surface area contributed by atoms with Crippen LogP contribution >= 0.6 is 0 Å². The van der Waals surface area contributed by atoms with Crippen LogP contribution in [-0.4, -0.2) is 26.4 Å². The molecule has 0 bridgehead atoms. The number of aryl methyl sites for hydroxylation is 2. The monoisotopic (exact) mass is 283 g/mol. The molecule has 0 aliphatic heterocycles. The van der Waals surface area contributed by atoms with Crippen LogP contribution in [0.15, 0.2) is 36.7 Å². The predicted molar refractivity (Wildman–Crippen MR) is 81.8 cm³/mol. The zero-order chi connectivity index (χ0) is 15.0. The number of rotatable bonds is 3. The number of para-hydroxylation sites is 1. The molecule has 2 aromatic heterocycles. The fourth-order valence-electron chi connectivity index (χ4n) is 2.40. The summed E-state index contributed by atoms with van der Waals surface area (Å²) in [6.07, 6.45) is 3.62. The van der Waals surface area contributed by atoms with Crippen LogP contribution < -0.4 is 10.5 Å². The zero-order valence-electron chi connectivity index (χ0n) is 12.2. The van der Waals surface area contributed by atoms with Gasteiger partial charge in [-0.3, -0.25) is 4.68 Å². The van der Waals surface area contributed by atoms with Gasteiger partial charge in [-0.1, -0.05) is 18.2 Å². The first kappa shape index (κ1) is 13.2. The van der Waals surface area contributed by atoms with E-state index in [1.165, 1.54) is 0 Å². The Kier molecular flexibility index (Phi) is 3.13. The zero-order valence-corrected chi connectivity index (χ0v) is 12.2. The number of imidazole rings is 1. The number of aromatic nitrogens is 4. The maximum absolute atomic E-state index is 6.22. The quantitative estimate of drug-likeness (QED) is 0.799. The average Bonchev–Trinajstić information content (AvgIpc) is 3.03. The molecule has 0 saturated heterocycles. The highest BCUT2D eigenvalue weighted by molar-refractivity contribution is 5.89. The molecule has 1 aromatic carbocycles. The average molecular weight is 283 g/mol. The third kappa shape index (κ3) is 2.05. The van der Waals surface area contributed by atoms with Gasteiger partial charge in [-0.2, -0.15) is 5.10 Å². The molecule has 0 fully saturated rings. The van der Waals surface area contributed by atoms with Crippen molar-refractivity contribution in [3.05, 3.63) is 36.7 Å². The summed E-state index contributed by atoms with van der Waals surface area (Å²) in [4.78, 5) is 4.37. The summed E-state index contributed by atoms with van der Waals surface area (Å²) >= 11 is 0. The first-order valence-electron chi connectivity index (χ1n) is 6.57. The third-order valence-electron chi connectivity index (χ3n) is 3.50. The molecule has 0 radical (unpaired) electrons. The number of hydrogen-bond acceptors (Lipinski definition) is 4. The van der Waals surface area contributed by atoms with Crippen molar-refractivity contribution in [1.29, 1.82) is 0 Å². The van der Waals surface area contributed by atoms with Crippen LogP contribution in [0.25, 0.3) is 22.6 Å². The summed E-state index contributed by atoms with van der Waals surface area (Å²) in [6.45, 7) is 0. The molecule has 2 N–H and O–H groups in total. The molecule has 21 heavy (non-hydrogen) atoms. The Bertz CT molecular complexity index is 787. The molecule has 0 aliphatic carbocycles. The van der Waals surface area contributed by atoms with Crippen molar-refractivity contribution in [1.82, 2.24) is 19.3 Å². The summed E-state index contributed by atoms with van der Waals surface area (Å²) < 4.78 is 9.02. The number of nitrogens with zero attached hydrogens (tertiary/aromatic N) is 4. The van der Waals surface area contributed by atoms with Gasteiger partial charge in [-0.15, -0.1) is 0 Å². The molecule has 0 aliphatic rings. The van der Waals surface area contributed by atoms with Crippen LogP contribution in [0.4, 0.5) is 5.82 Å². The summed E-state index contributed by atoms with van der Waals surface area (Å²) in [7, 11) is 5.39. The molecule has 2 heterocycles. The SMILES string of the molecule is COc1ccccc1-c1c(-c2nccn2C)nn(C)c1N. The van der Waals surface area contributed by atoms with Crippen molar-refractivity contribution in [2.24, 2.45) is 14.1 Å². The molecule has 108 valence electrons. The standard InChI is InChI=1S/C15H17N5O/c1-19-9-8-17-15(19)13-12(14(16)20(2)18-13)10-6-4-5-7-11(10)21-3/h4-9H,16H2,1-3H3. The maximum Gasteiger partial charge on any atom is 0.161 e. The van der Waals surface area contributed by atoms with Crippen molar-refractivity contribution in [2.45, 2.75) is 0 Å². The second-order valence-corrected chi connectivity index (χ2v) is 4.79. The van der Waals surface area contributed by atoms with E-state index in [1.807, 2.05) is 49.1 Å². The molecule has 0 unspecified atom stereocenters. The Morgan fingerprint density at radius 1 is 1.19 bits per heavy atom. The topological polar surface area (TPSA) is 70.9 Å². The first-order valence-corrected chi connectivity index (χ1v) is 6.57. The highest BCUT2D eigenvalue weighted by Crippen LogP contribution is 2.39. The lowest BCUT2D eigenvalue weighted by atomic mass is 10.0. The molecular weight excluding hydrogens is 266 g/mol. The lowest BCUT2D eigenvalue weighted by molar-refractivity contribution is 0.416. The van der Waals surface area contributed by atoms with Crippen LogP contribution in [-0.2, 0) is 14.1 Å². The van der Waals surface area contributed by atoms with Crippen LogP contribution in [0.1, 0.15) is 0 Å². The van der Waals surface area contributed by atoms with E-state index in [2.05, 4.69) is 10.1 Å². The lowest BCUT2D eigenvalue weighted by Gasteiger charge is -2.09. The Balaban J connectivity index is 2.30. The minimum atomic E-state index is 0.581. The van der Waals surface area contributed by atoms with Gasteiger partial charge in [0.2, 0.25) is 0 Å². The number of hydrogen-bond donors (Lipinski definition) is 1. The van der Waals surface area contributed by atoms with Crippen LogP contribution in [0.3, 0.4) is 0 Å². The normalized spacial score (nSPS) is 10.8. The summed E-state index contributed by atoms with van der Waals surface area (Å²) in [6, 6.07) is 7.75. The molecule has 3 aromatic rings. The van der Waals surface area contributed by atoms with E-state index in [0.29, 0.717) is 5.82 Å². The number of methoxy groups -OCH3 is 1. The molecule has 0 saturated carbocycles. The molecule has 6 heteroatoms. The Morgan fingerprint density at radius 2 is 1.95 bits per heavy atom. The van der Waals surface area contributed by atoms with Crippen LogP contribution in [0.2, 0.25) is 0 Å². The third-order valence-corrected chi connectivity index (χ3v) is 3.50. The summed E-state index contributed by atoms with van der Waals surface area (Å²) in [5.41, 5.74) is 8.71. The largest absolute Gasteiger partial charge is 0.496 e. The van der Waals surface area contributed by atoms with E-state index < -0.39 is 0 Å². The van der Waals surface area contributed by atoms with Crippen molar-refractivity contribution >= 4 is 5.82 Å². The summed E-state index contributed by atoms with van der Waals surface area (Å²) in [5.74, 6) is 2.10. The van der Waals surface area contributed by atoms with Gasteiger partial charge in [0.25, 0.3) is 0 Å². The number of nitrogens with two attached hydrogens (primary N) is 1. The van der Waals surface area contributed by atoms with Crippen molar-refractivity contribution in [3.8, 4) is 28.4 Å². The molecule has 6 nitrogen and oxygen atoms in total. The van der Waals surface area contributed by atoms with Gasteiger partial charge >= 0.3 is 0 Å². The first-order chi connectivity index (χ1) is 10.1. The van der Waals surface area contributed by atoms with Gasteiger partial charge in [-0.05, 0) is 6.07 Å². The van der Waals surface area contributed by atoms with Crippen molar-refractivity contribution < 1.29 is 4.74 Å². The van der Waals surface area contributed by atoms with Crippen LogP contribution in [0, 0.1) is 0 Å². The van der Waals surface area contributed by atoms with E-state index in [4.69, 9.17) is 10.5 Å². The van der Waals surface area contributed by atoms with Gasteiger partial charge in [0.05, 0.1) is 12.7 Å². The Hall–Kier alpha value is -2.76. The highest BCUT2D eigenvalue weighted by Gasteiger charge is 2.22. The second-order valence-electron chi connectivity index (χ2n) is 4.79. The maximum atomic E-state index is 6.22. The second kappa shape index (κ2) is 4.97. The molecule has 0 amide bonds. The molecule has 0 atom stereocenters.